The summed E-state index contributed by atoms with van der Waals surface area (Å²) >= 11 is 0. The first-order chi connectivity index (χ1) is 9.78. The van der Waals surface area contributed by atoms with Crippen LogP contribution in [0.4, 0.5) is 5.82 Å². The van der Waals surface area contributed by atoms with Crippen molar-refractivity contribution in [1.82, 2.24) is 19.7 Å². The van der Waals surface area contributed by atoms with Crippen molar-refractivity contribution in [3.8, 4) is 17.4 Å². The summed E-state index contributed by atoms with van der Waals surface area (Å²) in [7, 11) is 1.56. The quantitative estimate of drug-likeness (QED) is 0.837. The second kappa shape index (κ2) is 6.74. The molecule has 0 aromatic carbocycles. The first-order valence-electron chi connectivity index (χ1n) is 6.61. The van der Waals surface area contributed by atoms with Crippen LogP contribution < -0.4 is 14.8 Å². The number of hydrogen-bond acceptors (Lipinski definition) is 6. The molecule has 1 N–H and O–H groups in total. The van der Waals surface area contributed by atoms with Gasteiger partial charge in [-0.25, -0.2) is 4.98 Å². The van der Waals surface area contributed by atoms with E-state index < -0.39 is 0 Å². The molecule has 20 heavy (non-hydrogen) atoms. The average Bonchev–Trinajstić information content (AvgIpc) is 2.87. The molecule has 0 amide bonds. The molecule has 0 radical (unpaired) electrons. The number of aryl methyl sites for hydroxylation is 1. The van der Waals surface area contributed by atoms with Crippen molar-refractivity contribution in [3.05, 3.63) is 18.7 Å². The lowest BCUT2D eigenvalue weighted by molar-refractivity contribution is 0.368. The zero-order valence-electron chi connectivity index (χ0n) is 12.0. The monoisotopic (exact) mass is 277 g/mol. The fraction of sp³-hybridized carbons (Fsp3) is 0.462. The molecule has 0 aliphatic carbocycles. The van der Waals surface area contributed by atoms with E-state index in [-0.39, 0.29) is 0 Å². The highest BCUT2D eigenvalue weighted by atomic mass is 16.5. The first-order valence-corrected chi connectivity index (χ1v) is 6.61. The predicted molar refractivity (Wildman–Crippen MR) is 75.3 cm³/mol. The van der Waals surface area contributed by atoms with Crippen molar-refractivity contribution < 1.29 is 9.47 Å². The van der Waals surface area contributed by atoms with Gasteiger partial charge >= 0.3 is 0 Å². The van der Waals surface area contributed by atoms with Crippen LogP contribution in [0, 0.1) is 0 Å². The lowest BCUT2D eigenvalue weighted by Crippen LogP contribution is -2.04. The summed E-state index contributed by atoms with van der Waals surface area (Å²) in [6, 6.07) is 0. The number of methoxy groups -OCH3 is 1. The number of anilines is 1. The van der Waals surface area contributed by atoms with Gasteiger partial charge in [0.15, 0.2) is 11.6 Å². The molecule has 7 nitrogen and oxygen atoms in total. The third kappa shape index (κ3) is 3.17. The van der Waals surface area contributed by atoms with Crippen LogP contribution in [0.25, 0.3) is 0 Å². The summed E-state index contributed by atoms with van der Waals surface area (Å²) in [5.74, 6) is 2.09. The Balaban J connectivity index is 2.21. The Hall–Kier alpha value is -2.31. The van der Waals surface area contributed by atoms with Gasteiger partial charge in [-0.15, -0.1) is 0 Å². The molecule has 0 spiro atoms. The summed E-state index contributed by atoms with van der Waals surface area (Å²) in [5, 5.41) is 7.31. The van der Waals surface area contributed by atoms with Gasteiger partial charge < -0.3 is 14.8 Å². The Labute approximate surface area is 118 Å². The maximum Gasteiger partial charge on any atom is 0.268 e. The molecule has 0 aliphatic heterocycles. The molecule has 2 aromatic rings. The van der Waals surface area contributed by atoms with Gasteiger partial charge in [-0.3, -0.25) is 4.68 Å². The van der Waals surface area contributed by atoms with Crippen molar-refractivity contribution >= 4 is 5.82 Å². The Bertz CT molecular complexity index is 555. The van der Waals surface area contributed by atoms with Gasteiger partial charge in [0.1, 0.15) is 6.33 Å². The van der Waals surface area contributed by atoms with E-state index in [0.717, 1.165) is 19.5 Å². The molecule has 0 aliphatic rings. The molecule has 108 valence electrons. The zero-order valence-corrected chi connectivity index (χ0v) is 12.0. The maximum atomic E-state index is 5.71. The molecule has 0 unspecified atom stereocenters. The Morgan fingerprint density at radius 3 is 2.85 bits per heavy atom. The summed E-state index contributed by atoms with van der Waals surface area (Å²) in [6.45, 7) is 5.67. The van der Waals surface area contributed by atoms with Gasteiger partial charge in [-0.05, 0) is 13.3 Å². The second-order valence-corrected chi connectivity index (χ2v) is 4.13. The number of rotatable bonds is 7. The summed E-state index contributed by atoms with van der Waals surface area (Å²) < 4.78 is 12.9. The highest BCUT2D eigenvalue weighted by Crippen LogP contribution is 2.33. The van der Waals surface area contributed by atoms with Crippen LogP contribution in [0.5, 0.6) is 17.4 Å². The molecule has 0 fully saturated rings. The molecule has 2 heterocycles. The Kier molecular flexibility index (Phi) is 4.75. The first kappa shape index (κ1) is 14.1. The largest absolute Gasteiger partial charge is 0.489 e. The van der Waals surface area contributed by atoms with Gasteiger partial charge in [-0.2, -0.15) is 10.1 Å². The van der Waals surface area contributed by atoms with Crippen molar-refractivity contribution in [3.63, 3.8) is 0 Å². The molecule has 0 saturated carbocycles. The van der Waals surface area contributed by atoms with Gasteiger partial charge in [0.25, 0.3) is 5.88 Å². The maximum absolute atomic E-state index is 5.71. The molecule has 0 bridgehead atoms. The van der Waals surface area contributed by atoms with E-state index in [9.17, 15) is 0 Å². The smallest absolute Gasteiger partial charge is 0.268 e. The van der Waals surface area contributed by atoms with Gasteiger partial charge in [0.05, 0.1) is 19.5 Å². The minimum absolute atomic E-state index is 0.370. The third-order valence-electron chi connectivity index (χ3n) is 2.60. The minimum atomic E-state index is 0.370. The van der Waals surface area contributed by atoms with Crippen LogP contribution in [-0.4, -0.2) is 33.4 Å². The van der Waals surface area contributed by atoms with E-state index in [2.05, 4.69) is 27.3 Å². The molecule has 7 heteroatoms. The standard InChI is InChI=1S/C13H19N5O2/c1-4-6-18-8-10(7-17-18)20-13-11(19-3)12(14-5-2)15-9-16-13/h7-9H,4-6H2,1-3H3,(H,14,15,16). The van der Waals surface area contributed by atoms with Crippen LogP contribution >= 0.6 is 0 Å². The second-order valence-electron chi connectivity index (χ2n) is 4.13. The molecular formula is C13H19N5O2. The van der Waals surface area contributed by atoms with E-state index in [1.54, 1.807) is 13.3 Å². The van der Waals surface area contributed by atoms with Crippen LogP contribution in [0.2, 0.25) is 0 Å². The summed E-state index contributed by atoms with van der Waals surface area (Å²) in [4.78, 5) is 8.24. The average molecular weight is 277 g/mol. The lowest BCUT2D eigenvalue weighted by Gasteiger charge is -2.11. The summed E-state index contributed by atoms with van der Waals surface area (Å²) in [6.07, 6.45) is 5.94. The SMILES string of the molecule is CCCn1cc(Oc2ncnc(NCC)c2OC)cn1. The number of hydrogen-bond donors (Lipinski definition) is 1. The van der Waals surface area contributed by atoms with Crippen LogP contribution in [0.3, 0.4) is 0 Å². The minimum Gasteiger partial charge on any atom is -0.489 e. The number of nitrogens with one attached hydrogen (secondary N) is 1. The number of ether oxygens (including phenoxy) is 2. The van der Waals surface area contributed by atoms with E-state index in [0.29, 0.717) is 23.2 Å². The van der Waals surface area contributed by atoms with Crippen molar-refractivity contribution in [2.45, 2.75) is 26.8 Å². The van der Waals surface area contributed by atoms with Crippen LogP contribution in [0.15, 0.2) is 18.7 Å². The van der Waals surface area contributed by atoms with Crippen LogP contribution in [0.1, 0.15) is 20.3 Å². The van der Waals surface area contributed by atoms with Crippen molar-refractivity contribution in [2.24, 2.45) is 0 Å². The molecule has 2 rings (SSSR count). The van der Waals surface area contributed by atoms with E-state index >= 15 is 0 Å². The van der Waals surface area contributed by atoms with E-state index in [1.165, 1.54) is 6.33 Å². The molecule has 0 atom stereocenters. The lowest BCUT2D eigenvalue weighted by atomic mass is 10.4. The number of aromatic nitrogens is 4. The topological polar surface area (TPSA) is 74.1 Å². The normalized spacial score (nSPS) is 10.3. The third-order valence-corrected chi connectivity index (χ3v) is 2.60. The zero-order chi connectivity index (χ0) is 14.4. The van der Waals surface area contributed by atoms with Gasteiger partial charge in [0, 0.05) is 13.1 Å². The highest BCUT2D eigenvalue weighted by molar-refractivity contribution is 5.55. The molecule has 2 aromatic heterocycles. The molecular weight excluding hydrogens is 258 g/mol. The van der Waals surface area contributed by atoms with Crippen molar-refractivity contribution in [2.75, 3.05) is 19.0 Å². The van der Waals surface area contributed by atoms with Gasteiger partial charge in [0.2, 0.25) is 5.75 Å². The van der Waals surface area contributed by atoms with Crippen molar-refractivity contribution in [1.29, 1.82) is 0 Å². The predicted octanol–water partition coefficient (Wildman–Crippen LogP) is 2.32. The highest BCUT2D eigenvalue weighted by Gasteiger charge is 2.14. The fourth-order valence-corrected chi connectivity index (χ4v) is 1.77. The van der Waals surface area contributed by atoms with Gasteiger partial charge in [-0.1, -0.05) is 6.92 Å². The number of nitrogens with zero attached hydrogens (tertiary/aromatic N) is 4. The Morgan fingerprint density at radius 1 is 1.30 bits per heavy atom. The van der Waals surface area contributed by atoms with E-state index in [4.69, 9.17) is 9.47 Å². The van der Waals surface area contributed by atoms with E-state index in [1.807, 2.05) is 17.8 Å². The summed E-state index contributed by atoms with van der Waals surface area (Å²) in [5.41, 5.74) is 0. The van der Waals surface area contributed by atoms with Crippen LogP contribution in [-0.2, 0) is 6.54 Å². The molecule has 0 saturated heterocycles. The Morgan fingerprint density at radius 2 is 2.15 bits per heavy atom. The fourth-order valence-electron chi connectivity index (χ4n) is 1.77.